The van der Waals surface area contributed by atoms with Gasteiger partial charge < -0.3 is 67.0 Å². The summed E-state index contributed by atoms with van der Waals surface area (Å²) in [5.41, 5.74) is 12.8. The first kappa shape index (κ1) is 98.7. The Kier molecular flexibility index (Phi) is 37.7. The summed E-state index contributed by atoms with van der Waals surface area (Å²) in [5, 5.41) is 11.2. The van der Waals surface area contributed by atoms with E-state index in [2.05, 4.69) is 6.07 Å². The molecule has 0 saturated heterocycles. The van der Waals surface area contributed by atoms with Crippen molar-refractivity contribution < 1.29 is 95.3 Å². The monoisotopic (exact) mass is 1810 g/mol. The standard InChI is InChI=1S/2C25H26ClNO6.C24H23ClN2O4.C24H26ClNO4/c1-16-23(25(30)33-15-17-4-6-19(7-5-17)24(29)32-3)21(18-8-10-20(26)11-9-18)14-22(28)27(16)12-13-31-2;1-16-23(25(30)33-15-17-5-4-6-19(13-17)24(29)32-3)21(18-7-9-20(26)10-8-18)14-22(28)27(16)11-12-31-2;1-16-23(24(29)31-15-18-5-3-17(14-26)4-6-18)21(19-7-9-20(25)10-8-19)13-22(28)27(16)11-12-30-2;1-16-6-4-5-7-19(16)15-30-24(28)23-17(2)26(12-13-29-3)22(27)14-21(23)18-8-10-20(25)11-9-18/h4-11,21H,12-15H2,1-3H3;4-10,13,21H,11-12,14-15H2,1-3H3;3-10,21H,11-13,15H2,1-2H3;4-11,21H,12-15H2,1-3H3. The van der Waals surface area contributed by atoms with Crippen LogP contribution in [0.3, 0.4) is 0 Å². The molecule has 666 valence electrons. The van der Waals surface area contributed by atoms with Crippen LogP contribution in [-0.4, -0.2) is 174 Å². The number of nitriles is 1. The number of nitrogens with zero attached hydrogens (tertiary/aromatic N) is 5. The summed E-state index contributed by atoms with van der Waals surface area (Å²) >= 11 is 24.1. The smallest absolute Gasteiger partial charge is 0.337 e. The van der Waals surface area contributed by atoms with Crippen LogP contribution in [0.1, 0.15) is 153 Å². The molecule has 0 aromatic heterocycles. The number of esters is 6. The van der Waals surface area contributed by atoms with Crippen molar-refractivity contribution >= 4 is 106 Å². The molecule has 0 bridgehead atoms. The van der Waals surface area contributed by atoms with Crippen molar-refractivity contribution in [2.75, 3.05) is 95.3 Å². The maximum absolute atomic E-state index is 13.3. The number of allylic oxidation sites excluding steroid dienone is 4. The molecule has 25 nitrogen and oxygen atoms in total. The SMILES string of the molecule is COCCN1C(=O)CC(c2ccc(Cl)cc2)C(C(=O)OCc2ccc(C#N)cc2)=C1C.COCCN1C(=O)CC(c2ccc(Cl)cc2)C(C(=O)OCc2ccc(C(=O)OC)cc2)=C1C.COCCN1C(=O)CC(c2ccc(Cl)cc2)C(C(=O)OCc2cccc(C(=O)OC)c2)=C1C.COCCN1C(=O)CC(c2ccc(Cl)cc2)C(C(=O)OCc2ccccc2C)=C1C. The van der Waals surface area contributed by atoms with Gasteiger partial charge in [-0.3, -0.25) is 19.2 Å². The number of halogens is 4. The largest absolute Gasteiger partial charge is 0.465 e. The molecule has 0 spiro atoms. The molecule has 0 N–H and O–H groups in total. The first-order chi connectivity index (χ1) is 61.1. The molecule has 127 heavy (non-hydrogen) atoms. The Hall–Kier alpha value is -12.1. The highest BCUT2D eigenvalue weighted by atomic mass is 35.5. The van der Waals surface area contributed by atoms with Gasteiger partial charge in [0.15, 0.2) is 0 Å². The highest BCUT2D eigenvalue weighted by Gasteiger charge is 2.42. The number of amides is 4. The number of carbonyl (C=O) groups excluding carboxylic acids is 10. The molecule has 8 aromatic carbocycles. The molecule has 12 rings (SSSR count). The fourth-order valence-electron chi connectivity index (χ4n) is 15.0. The number of hydrogen-bond acceptors (Lipinski definition) is 21. The fraction of sp³-hybridized carbons (Fsp3) is 0.316. The molecule has 4 heterocycles. The lowest BCUT2D eigenvalue weighted by Crippen LogP contribution is -2.40. The van der Waals surface area contributed by atoms with E-state index in [1.165, 1.54) is 14.2 Å². The van der Waals surface area contributed by atoms with Gasteiger partial charge in [0.2, 0.25) is 23.6 Å². The third-order valence-corrected chi connectivity index (χ3v) is 22.9. The van der Waals surface area contributed by atoms with Crippen molar-refractivity contribution in [1.29, 1.82) is 5.26 Å². The van der Waals surface area contributed by atoms with Crippen molar-refractivity contribution in [2.45, 2.75) is 110 Å². The number of aryl methyl sites for hydroxylation is 1. The number of carbonyl (C=O) groups is 10. The predicted molar refractivity (Wildman–Crippen MR) is 477 cm³/mol. The Balaban J connectivity index is 0.000000191. The van der Waals surface area contributed by atoms with E-state index in [1.807, 2.05) is 79.7 Å². The first-order valence-electron chi connectivity index (χ1n) is 40.7. The van der Waals surface area contributed by atoms with Gasteiger partial charge >= 0.3 is 35.8 Å². The van der Waals surface area contributed by atoms with E-state index in [1.54, 1.807) is 197 Å². The number of ether oxygens (including phenoxy) is 10. The second-order valence-corrected chi connectivity index (χ2v) is 31.5. The van der Waals surface area contributed by atoms with Gasteiger partial charge in [-0.25, -0.2) is 28.8 Å². The van der Waals surface area contributed by atoms with Crippen LogP contribution in [0, 0.1) is 18.3 Å². The average molecular weight is 1810 g/mol. The summed E-state index contributed by atoms with van der Waals surface area (Å²) in [5.74, 6) is -4.80. The van der Waals surface area contributed by atoms with Crippen LogP contribution in [0.2, 0.25) is 20.1 Å². The van der Waals surface area contributed by atoms with Gasteiger partial charge in [0.05, 0.1) is 85.7 Å². The Labute approximate surface area is 759 Å². The Morgan fingerprint density at radius 3 is 0.929 bits per heavy atom. The van der Waals surface area contributed by atoms with Crippen LogP contribution in [0.15, 0.2) is 239 Å². The van der Waals surface area contributed by atoms with Crippen LogP contribution in [-0.2, 0) is 112 Å². The Morgan fingerprint density at radius 1 is 0.339 bits per heavy atom. The second-order valence-electron chi connectivity index (χ2n) is 29.8. The van der Waals surface area contributed by atoms with E-state index >= 15 is 0 Å². The lowest BCUT2D eigenvalue weighted by molar-refractivity contribution is -0.143. The minimum absolute atomic E-state index is 0.0242. The number of hydrogen-bond donors (Lipinski definition) is 0. The Morgan fingerprint density at radius 2 is 0.630 bits per heavy atom. The lowest BCUT2D eigenvalue weighted by atomic mass is 9.83. The number of methoxy groups -OCH3 is 6. The van der Waals surface area contributed by atoms with Crippen LogP contribution >= 0.6 is 46.4 Å². The zero-order valence-corrected chi connectivity index (χ0v) is 75.5. The van der Waals surface area contributed by atoms with Crippen molar-refractivity contribution in [3.05, 3.63) is 326 Å². The third kappa shape index (κ3) is 26.8. The second kappa shape index (κ2) is 48.6. The molecule has 29 heteroatoms. The van der Waals surface area contributed by atoms with Crippen LogP contribution in [0.4, 0.5) is 0 Å². The molecule has 0 radical (unpaired) electrons. The molecule has 4 aliphatic heterocycles. The molecular formula is C98H101Cl4N5O20. The van der Waals surface area contributed by atoms with Crippen molar-refractivity contribution in [3.63, 3.8) is 0 Å². The van der Waals surface area contributed by atoms with Crippen LogP contribution in [0.5, 0.6) is 0 Å². The zero-order chi connectivity index (χ0) is 92.0. The Bertz CT molecular complexity index is 5420. The van der Waals surface area contributed by atoms with Crippen molar-refractivity contribution in [2.24, 2.45) is 0 Å². The zero-order valence-electron chi connectivity index (χ0n) is 72.5. The predicted octanol–water partition coefficient (Wildman–Crippen LogP) is 17.0. The van der Waals surface area contributed by atoms with Gasteiger partial charge in [-0.05, 0) is 170 Å². The molecule has 0 fully saturated rings. The van der Waals surface area contributed by atoms with Gasteiger partial charge in [-0.15, -0.1) is 0 Å². The molecule has 4 aliphatic rings. The molecule has 8 aromatic rings. The van der Waals surface area contributed by atoms with Gasteiger partial charge in [0.25, 0.3) is 0 Å². The molecule has 4 atom stereocenters. The van der Waals surface area contributed by atoms with Gasteiger partial charge in [-0.1, -0.05) is 156 Å². The van der Waals surface area contributed by atoms with Gasteiger partial charge in [0.1, 0.15) is 26.4 Å². The lowest BCUT2D eigenvalue weighted by Gasteiger charge is -2.34. The number of benzene rings is 8. The highest BCUT2D eigenvalue weighted by molar-refractivity contribution is 6.31. The van der Waals surface area contributed by atoms with Crippen molar-refractivity contribution in [1.82, 2.24) is 19.6 Å². The number of rotatable bonds is 30. The van der Waals surface area contributed by atoms with E-state index in [4.69, 9.17) is 99.0 Å². The van der Waals surface area contributed by atoms with Gasteiger partial charge in [-0.2, -0.15) is 5.26 Å². The molecule has 4 unspecified atom stereocenters. The summed E-state index contributed by atoms with van der Waals surface area (Å²) in [6.07, 6.45) is 0.618. The van der Waals surface area contributed by atoms with Crippen LogP contribution < -0.4 is 0 Å². The van der Waals surface area contributed by atoms with E-state index in [0.717, 1.165) is 44.5 Å². The summed E-state index contributed by atoms with van der Waals surface area (Å²) in [6.45, 7) is 12.2. The summed E-state index contributed by atoms with van der Waals surface area (Å²) < 4.78 is 52.5. The fourth-order valence-corrected chi connectivity index (χ4v) is 15.5. The molecular weight excluding hydrogens is 1710 g/mol. The summed E-state index contributed by atoms with van der Waals surface area (Å²) in [6, 6.07) is 58.6. The molecule has 0 saturated carbocycles. The quantitative estimate of drug-likeness (QED) is 0.0298. The summed E-state index contributed by atoms with van der Waals surface area (Å²) in [7, 11) is 8.89. The van der Waals surface area contributed by atoms with E-state index < -0.39 is 53.6 Å². The highest BCUT2D eigenvalue weighted by Crippen LogP contribution is 2.43. The average Bonchev–Trinajstić information content (AvgIpc) is 0.792. The van der Waals surface area contributed by atoms with Crippen molar-refractivity contribution in [3.8, 4) is 6.07 Å². The minimum Gasteiger partial charge on any atom is -0.465 e. The normalized spacial score (nSPS) is 16.3. The van der Waals surface area contributed by atoms with E-state index in [0.29, 0.717) is 140 Å². The van der Waals surface area contributed by atoms with E-state index in [9.17, 15) is 47.9 Å². The summed E-state index contributed by atoms with van der Waals surface area (Å²) in [4.78, 5) is 134. The first-order valence-corrected chi connectivity index (χ1v) is 42.2. The maximum atomic E-state index is 13.3. The van der Waals surface area contributed by atoms with Gasteiger partial charge in [0, 0.05) is 147 Å². The molecule has 0 aliphatic carbocycles. The van der Waals surface area contributed by atoms with Crippen LogP contribution in [0.25, 0.3) is 0 Å². The third-order valence-electron chi connectivity index (χ3n) is 21.9. The molecule has 4 amide bonds. The topological polar surface area (TPSA) is 300 Å². The van der Waals surface area contributed by atoms with E-state index in [-0.39, 0.29) is 81.7 Å². The maximum Gasteiger partial charge on any atom is 0.337 e. The minimum atomic E-state index is -0.522.